The molecule has 0 radical (unpaired) electrons. The van der Waals surface area contributed by atoms with Crippen molar-refractivity contribution >= 4 is 57.3 Å². The number of anilines is 1. The van der Waals surface area contributed by atoms with Crippen molar-refractivity contribution in [2.24, 2.45) is 0 Å². The standard InChI is InChI=1S/C29H21ClFN3O4S2/c1-15-12-18-13-16(10-11-22(18)38-15)25(35)23-24(19-7-3-5-9-21(19)31)34(27(37)26(23)36)28-32-33-29(40-28)39-14-17-6-2-4-8-20(17)30/h2-11,13,15,24,35H,12,14H2,1H3/b25-23+/t15-,24-/m0/s1. The molecule has 4 aromatic rings. The largest absolute Gasteiger partial charge is 0.507 e. The molecule has 202 valence electrons. The monoisotopic (exact) mass is 593 g/mol. The lowest BCUT2D eigenvalue weighted by atomic mass is 9.94. The molecule has 11 heteroatoms. The van der Waals surface area contributed by atoms with Crippen LogP contribution in [0.3, 0.4) is 0 Å². The molecule has 0 unspecified atom stereocenters. The minimum Gasteiger partial charge on any atom is -0.507 e. The molecule has 1 fully saturated rings. The molecule has 0 bridgehead atoms. The summed E-state index contributed by atoms with van der Waals surface area (Å²) in [7, 11) is 0. The highest BCUT2D eigenvalue weighted by Gasteiger charge is 2.49. The number of ketones is 1. The van der Waals surface area contributed by atoms with E-state index in [2.05, 4.69) is 10.2 Å². The van der Waals surface area contributed by atoms with Gasteiger partial charge in [0.25, 0.3) is 5.78 Å². The summed E-state index contributed by atoms with van der Waals surface area (Å²) in [5.41, 5.74) is 1.96. The fourth-order valence-corrected chi connectivity index (χ4v) is 7.01. The van der Waals surface area contributed by atoms with Gasteiger partial charge in [-0.1, -0.05) is 71.1 Å². The first-order chi connectivity index (χ1) is 19.3. The summed E-state index contributed by atoms with van der Waals surface area (Å²) in [6.07, 6.45) is 0.625. The second-order valence-electron chi connectivity index (χ2n) is 9.38. The minimum atomic E-state index is -1.24. The first-order valence-corrected chi connectivity index (χ1v) is 14.5. The molecule has 2 aliphatic heterocycles. The van der Waals surface area contributed by atoms with Crippen molar-refractivity contribution in [1.82, 2.24) is 10.2 Å². The molecule has 1 saturated heterocycles. The number of halogens is 2. The lowest BCUT2D eigenvalue weighted by Gasteiger charge is -2.22. The van der Waals surface area contributed by atoms with Gasteiger partial charge in [-0.2, -0.15) is 0 Å². The fourth-order valence-electron chi connectivity index (χ4n) is 4.86. The summed E-state index contributed by atoms with van der Waals surface area (Å²) < 4.78 is 21.5. The van der Waals surface area contributed by atoms with Gasteiger partial charge in [-0.3, -0.25) is 14.5 Å². The van der Waals surface area contributed by atoms with E-state index in [1.165, 1.54) is 30.0 Å². The number of hydrogen-bond acceptors (Lipinski definition) is 8. The van der Waals surface area contributed by atoms with Crippen molar-refractivity contribution in [1.29, 1.82) is 0 Å². The molecule has 1 aromatic heterocycles. The van der Waals surface area contributed by atoms with Gasteiger partial charge in [0.15, 0.2) is 4.34 Å². The molecule has 0 saturated carbocycles. The predicted molar refractivity (Wildman–Crippen MR) is 152 cm³/mol. The number of nitrogens with zero attached hydrogens (tertiary/aromatic N) is 3. The van der Waals surface area contributed by atoms with E-state index in [0.717, 1.165) is 27.4 Å². The van der Waals surface area contributed by atoms with E-state index in [0.29, 0.717) is 32.8 Å². The van der Waals surface area contributed by atoms with Crippen LogP contribution in [0.4, 0.5) is 9.52 Å². The molecule has 3 heterocycles. The maximum Gasteiger partial charge on any atom is 0.301 e. The van der Waals surface area contributed by atoms with Crippen LogP contribution in [0.5, 0.6) is 5.75 Å². The fraction of sp³-hybridized carbons (Fsp3) is 0.172. The van der Waals surface area contributed by atoms with Gasteiger partial charge in [0.05, 0.1) is 5.57 Å². The summed E-state index contributed by atoms with van der Waals surface area (Å²) in [6.45, 7) is 1.94. The van der Waals surface area contributed by atoms with Crippen LogP contribution in [0, 0.1) is 5.82 Å². The summed E-state index contributed by atoms with van der Waals surface area (Å²) in [6, 6.07) is 17.1. The molecule has 2 aliphatic rings. The average molecular weight is 594 g/mol. The highest BCUT2D eigenvalue weighted by Crippen LogP contribution is 2.45. The Balaban J connectivity index is 1.40. The summed E-state index contributed by atoms with van der Waals surface area (Å²) in [4.78, 5) is 27.9. The zero-order valence-corrected chi connectivity index (χ0v) is 23.4. The zero-order valence-electron chi connectivity index (χ0n) is 21.0. The van der Waals surface area contributed by atoms with E-state index in [1.807, 2.05) is 25.1 Å². The Morgan fingerprint density at radius 3 is 2.73 bits per heavy atom. The zero-order chi connectivity index (χ0) is 28.0. The molecular weight excluding hydrogens is 573 g/mol. The quantitative estimate of drug-likeness (QED) is 0.0888. The number of aliphatic hydroxyl groups excluding tert-OH is 1. The van der Waals surface area contributed by atoms with Gasteiger partial charge in [0.2, 0.25) is 5.13 Å². The van der Waals surface area contributed by atoms with Crippen LogP contribution in [-0.4, -0.2) is 33.1 Å². The Morgan fingerprint density at radius 2 is 1.93 bits per heavy atom. The Morgan fingerprint density at radius 1 is 1.15 bits per heavy atom. The molecule has 2 atom stereocenters. The Kier molecular flexibility index (Phi) is 7.07. The number of rotatable bonds is 6. The number of Topliss-reactive ketones (excluding diaryl/α,β-unsaturated/α-hetero) is 1. The van der Waals surface area contributed by atoms with Gasteiger partial charge in [-0.15, -0.1) is 10.2 Å². The molecule has 7 nitrogen and oxygen atoms in total. The molecule has 40 heavy (non-hydrogen) atoms. The third-order valence-corrected chi connectivity index (χ3v) is 9.20. The highest BCUT2D eigenvalue weighted by molar-refractivity contribution is 8.00. The van der Waals surface area contributed by atoms with Crippen molar-refractivity contribution in [2.75, 3.05) is 4.90 Å². The maximum atomic E-state index is 15.2. The van der Waals surface area contributed by atoms with E-state index >= 15 is 4.39 Å². The number of ether oxygens (including phenoxy) is 1. The first-order valence-electron chi connectivity index (χ1n) is 12.4. The number of carbonyl (C=O) groups excluding carboxylic acids is 2. The molecule has 0 spiro atoms. The number of aromatic nitrogens is 2. The van der Waals surface area contributed by atoms with Gasteiger partial charge >= 0.3 is 5.91 Å². The topological polar surface area (TPSA) is 92.6 Å². The third kappa shape index (κ3) is 4.76. The number of amides is 1. The van der Waals surface area contributed by atoms with Crippen LogP contribution in [0.2, 0.25) is 5.02 Å². The number of hydrogen-bond donors (Lipinski definition) is 1. The lowest BCUT2D eigenvalue weighted by Crippen LogP contribution is -2.29. The first kappa shape index (κ1) is 26.5. The number of thioether (sulfide) groups is 1. The summed E-state index contributed by atoms with van der Waals surface area (Å²) in [5, 5.41) is 20.5. The van der Waals surface area contributed by atoms with Crippen molar-refractivity contribution in [3.63, 3.8) is 0 Å². The van der Waals surface area contributed by atoms with Crippen molar-refractivity contribution in [3.8, 4) is 5.75 Å². The second kappa shape index (κ2) is 10.7. The molecule has 3 aromatic carbocycles. The molecule has 6 rings (SSSR count). The van der Waals surface area contributed by atoms with E-state index in [4.69, 9.17) is 16.3 Å². The van der Waals surface area contributed by atoms with Crippen molar-refractivity contribution in [2.45, 2.75) is 35.6 Å². The third-order valence-electron chi connectivity index (χ3n) is 6.72. The van der Waals surface area contributed by atoms with Gasteiger partial charge in [-0.05, 0) is 48.4 Å². The number of carbonyl (C=O) groups is 2. The minimum absolute atomic E-state index is 0.0150. The highest BCUT2D eigenvalue weighted by atomic mass is 35.5. The predicted octanol–water partition coefficient (Wildman–Crippen LogP) is 6.57. The van der Waals surface area contributed by atoms with E-state index in [1.54, 1.807) is 30.3 Å². The Bertz CT molecular complexity index is 1690. The van der Waals surface area contributed by atoms with Gasteiger partial charge in [0, 0.05) is 28.3 Å². The molecular formula is C29H21ClFN3O4S2. The van der Waals surface area contributed by atoms with Crippen molar-refractivity contribution in [3.05, 3.63) is 105 Å². The van der Waals surface area contributed by atoms with E-state index in [-0.39, 0.29) is 22.4 Å². The van der Waals surface area contributed by atoms with Gasteiger partial charge < -0.3 is 9.84 Å². The van der Waals surface area contributed by atoms with Crippen molar-refractivity contribution < 1.29 is 23.8 Å². The van der Waals surface area contributed by atoms with Crippen LogP contribution in [0.1, 0.15) is 35.2 Å². The van der Waals surface area contributed by atoms with Gasteiger partial charge in [0.1, 0.15) is 29.5 Å². The number of fused-ring (bicyclic) bond motifs is 1. The normalized spacial score (nSPS) is 19.6. The Hall–Kier alpha value is -3.73. The molecule has 1 amide bonds. The SMILES string of the molecule is C[C@H]1Cc2cc(/C(O)=C3\C(=O)C(=O)N(c4nnc(SCc5ccccc5Cl)s4)[C@H]3c3ccccc3F)ccc2O1. The van der Waals surface area contributed by atoms with Crippen LogP contribution in [0.25, 0.3) is 5.76 Å². The van der Waals surface area contributed by atoms with Crippen LogP contribution in [-0.2, 0) is 21.8 Å². The second-order valence-corrected chi connectivity index (χ2v) is 12.0. The number of benzene rings is 3. The smallest absolute Gasteiger partial charge is 0.301 e. The summed E-state index contributed by atoms with van der Waals surface area (Å²) >= 11 is 8.74. The van der Waals surface area contributed by atoms with E-state index < -0.39 is 29.3 Å². The summed E-state index contributed by atoms with van der Waals surface area (Å²) in [5.74, 6) is -1.66. The van der Waals surface area contributed by atoms with Crippen LogP contribution < -0.4 is 9.64 Å². The molecule has 0 aliphatic carbocycles. The van der Waals surface area contributed by atoms with Gasteiger partial charge in [-0.25, -0.2) is 4.39 Å². The number of aliphatic hydroxyl groups is 1. The maximum absolute atomic E-state index is 15.2. The van der Waals surface area contributed by atoms with Crippen LogP contribution in [0.15, 0.2) is 76.6 Å². The lowest BCUT2D eigenvalue weighted by molar-refractivity contribution is -0.132. The molecule has 1 N–H and O–H groups in total. The average Bonchev–Trinajstić information content (AvgIpc) is 3.63. The Labute approximate surface area is 242 Å². The van der Waals surface area contributed by atoms with E-state index in [9.17, 15) is 14.7 Å². The van der Waals surface area contributed by atoms with Crippen LogP contribution >= 0.6 is 34.7 Å².